The second-order valence-electron chi connectivity index (χ2n) is 20.7. The van der Waals surface area contributed by atoms with Gasteiger partial charge < -0.3 is 19.7 Å². The van der Waals surface area contributed by atoms with Gasteiger partial charge in [-0.2, -0.15) is 0 Å². The SMILES string of the molecule is CC1CC2=CC(=O)CCC2(C)C2CCC3(C)C(OC(=O)CCCC(=O)OCC(=O)C4(O)C(C)CC5C6CCC7=CC(=O)C=CC7(C)C6(F)C(O)CC54C)CCC3C12. The fraction of sp³-hybridized carbons (Fsp3) is 0.766. The molecule has 0 radical (unpaired) electrons. The summed E-state index contributed by atoms with van der Waals surface area (Å²) in [5.41, 5.74) is -4.40. The summed E-state index contributed by atoms with van der Waals surface area (Å²) < 4.78 is 29.1. The number of esters is 2. The minimum atomic E-state index is -2.08. The Morgan fingerprint density at radius 1 is 0.877 bits per heavy atom. The maximum Gasteiger partial charge on any atom is 0.306 e. The van der Waals surface area contributed by atoms with E-state index in [-0.39, 0.29) is 60.2 Å². The lowest BCUT2D eigenvalue weighted by Gasteiger charge is -2.62. The van der Waals surface area contributed by atoms with Crippen LogP contribution in [0.2, 0.25) is 0 Å². The second kappa shape index (κ2) is 13.8. The van der Waals surface area contributed by atoms with E-state index in [1.165, 1.54) is 17.7 Å². The molecule has 8 aliphatic carbocycles. The van der Waals surface area contributed by atoms with Crippen LogP contribution in [-0.4, -0.2) is 69.6 Å². The first-order valence-electron chi connectivity index (χ1n) is 21.9. The van der Waals surface area contributed by atoms with Crippen molar-refractivity contribution >= 4 is 29.3 Å². The highest BCUT2D eigenvalue weighted by molar-refractivity contribution is 6.01. The summed E-state index contributed by atoms with van der Waals surface area (Å²) in [6.07, 6.45) is 12.3. The average molecular weight is 791 g/mol. The summed E-state index contributed by atoms with van der Waals surface area (Å²) >= 11 is 0. The number of fused-ring (bicyclic) bond motifs is 10. The Hall–Kier alpha value is -2.98. The van der Waals surface area contributed by atoms with Gasteiger partial charge in [-0.15, -0.1) is 0 Å². The number of carbonyl (C=O) groups excluding carboxylic acids is 5. The third kappa shape index (κ3) is 5.74. The molecule has 8 rings (SSSR count). The molecule has 0 spiro atoms. The molecule has 2 N–H and O–H groups in total. The van der Waals surface area contributed by atoms with Gasteiger partial charge >= 0.3 is 11.9 Å². The Labute approximate surface area is 336 Å². The summed E-state index contributed by atoms with van der Waals surface area (Å²) in [6, 6.07) is 0. The lowest BCUT2D eigenvalue weighted by Crippen LogP contribution is -2.69. The molecular weight excluding hydrogens is 728 g/mol. The highest BCUT2D eigenvalue weighted by atomic mass is 19.1. The van der Waals surface area contributed by atoms with E-state index in [0.717, 1.165) is 38.5 Å². The Bertz CT molecular complexity index is 1850. The molecular formula is C47H63FO9. The average Bonchev–Trinajstić information content (AvgIpc) is 3.58. The fourth-order valence-electron chi connectivity index (χ4n) is 15.1. The van der Waals surface area contributed by atoms with Gasteiger partial charge in [0.2, 0.25) is 5.78 Å². The van der Waals surface area contributed by atoms with Crippen LogP contribution in [0.4, 0.5) is 4.39 Å². The smallest absolute Gasteiger partial charge is 0.306 e. The highest BCUT2D eigenvalue weighted by Gasteiger charge is 2.75. The van der Waals surface area contributed by atoms with Crippen LogP contribution >= 0.6 is 0 Å². The van der Waals surface area contributed by atoms with Crippen LogP contribution in [0.1, 0.15) is 131 Å². The molecule has 0 aromatic rings. The molecule has 0 aliphatic heterocycles. The highest BCUT2D eigenvalue weighted by Crippen LogP contribution is 2.71. The van der Waals surface area contributed by atoms with Gasteiger partial charge in [0.25, 0.3) is 0 Å². The lowest BCUT2D eigenvalue weighted by atomic mass is 9.44. The molecule has 57 heavy (non-hydrogen) atoms. The van der Waals surface area contributed by atoms with Crippen LogP contribution in [-0.2, 0) is 33.4 Å². The number of halogens is 1. The Balaban J connectivity index is 0.843. The first-order chi connectivity index (χ1) is 26.7. The van der Waals surface area contributed by atoms with Crippen LogP contribution < -0.4 is 0 Å². The van der Waals surface area contributed by atoms with Gasteiger partial charge in [0, 0.05) is 41.4 Å². The van der Waals surface area contributed by atoms with Crippen molar-refractivity contribution in [3.05, 3.63) is 35.5 Å². The Morgan fingerprint density at radius 2 is 1.61 bits per heavy atom. The van der Waals surface area contributed by atoms with Crippen molar-refractivity contribution in [3.63, 3.8) is 0 Å². The van der Waals surface area contributed by atoms with Crippen molar-refractivity contribution in [1.82, 2.24) is 0 Å². The van der Waals surface area contributed by atoms with Crippen molar-refractivity contribution in [1.29, 1.82) is 0 Å². The zero-order chi connectivity index (χ0) is 41.1. The number of alkyl halides is 1. The van der Waals surface area contributed by atoms with E-state index in [0.29, 0.717) is 54.9 Å². The molecule has 0 bridgehead atoms. The number of allylic oxidation sites excluding steroid dienone is 5. The number of aliphatic hydroxyl groups excluding tert-OH is 1. The van der Waals surface area contributed by atoms with E-state index >= 15 is 4.39 Å². The molecule has 0 aromatic heterocycles. The minimum Gasteiger partial charge on any atom is -0.462 e. The molecule has 0 saturated heterocycles. The van der Waals surface area contributed by atoms with E-state index in [1.54, 1.807) is 26.8 Å². The third-order valence-electron chi connectivity index (χ3n) is 18.3. The second-order valence-corrected chi connectivity index (χ2v) is 20.7. The standard InChI is InChI=1S/C47H63FO9/c1-26-20-29-23-30(49)14-17-42(29,3)34-16-18-43(4)33(41(26)34)12-13-38(43)57-40(54)9-7-8-39(53)56-25-37(52)47(55)27(2)21-35-32-11-10-28-22-31(50)15-19-44(28,5)46(32,48)36(51)24-45(35,47)6/h15,19,22-23,26-27,32-36,38,41,51,55H,7-14,16-18,20-21,24-25H2,1-6H3. The number of hydrogen-bond donors (Lipinski definition) is 2. The lowest BCUT2D eigenvalue weighted by molar-refractivity contribution is -0.220. The molecule has 6 saturated carbocycles. The summed E-state index contributed by atoms with van der Waals surface area (Å²) in [4.78, 5) is 64.5. The van der Waals surface area contributed by atoms with Crippen molar-refractivity contribution < 1.29 is 48.0 Å². The van der Waals surface area contributed by atoms with E-state index in [4.69, 9.17) is 9.47 Å². The largest absolute Gasteiger partial charge is 0.462 e. The topological polar surface area (TPSA) is 144 Å². The van der Waals surface area contributed by atoms with E-state index < -0.39 is 64.3 Å². The Morgan fingerprint density at radius 3 is 2.37 bits per heavy atom. The van der Waals surface area contributed by atoms with Crippen LogP contribution in [0.25, 0.3) is 0 Å². The number of aliphatic hydroxyl groups is 2. The van der Waals surface area contributed by atoms with Crippen molar-refractivity contribution in [2.75, 3.05) is 6.61 Å². The van der Waals surface area contributed by atoms with Crippen LogP contribution in [0.5, 0.6) is 0 Å². The molecule has 15 unspecified atom stereocenters. The van der Waals surface area contributed by atoms with Gasteiger partial charge in [0.15, 0.2) is 23.8 Å². The number of hydrogen-bond acceptors (Lipinski definition) is 9. The summed E-state index contributed by atoms with van der Waals surface area (Å²) in [7, 11) is 0. The maximum atomic E-state index is 17.5. The van der Waals surface area contributed by atoms with Crippen LogP contribution in [0.15, 0.2) is 35.5 Å². The number of ether oxygens (including phenoxy) is 2. The van der Waals surface area contributed by atoms with Crippen molar-refractivity contribution in [2.45, 2.75) is 155 Å². The predicted octanol–water partition coefficient (Wildman–Crippen LogP) is 7.31. The maximum absolute atomic E-state index is 17.5. The van der Waals surface area contributed by atoms with Gasteiger partial charge in [-0.05, 0) is 137 Å². The van der Waals surface area contributed by atoms with Gasteiger partial charge in [-0.3, -0.25) is 24.0 Å². The van der Waals surface area contributed by atoms with E-state index in [1.807, 2.05) is 6.08 Å². The van der Waals surface area contributed by atoms with Gasteiger partial charge in [0.05, 0.1) is 6.10 Å². The third-order valence-corrected chi connectivity index (χ3v) is 18.3. The Kier molecular flexibility index (Phi) is 9.86. The van der Waals surface area contributed by atoms with Gasteiger partial charge in [-0.25, -0.2) is 4.39 Å². The van der Waals surface area contributed by atoms with Crippen molar-refractivity contribution in [3.8, 4) is 0 Å². The van der Waals surface area contributed by atoms with E-state index in [2.05, 4.69) is 20.8 Å². The van der Waals surface area contributed by atoms with Crippen molar-refractivity contribution in [2.24, 2.45) is 63.1 Å². The molecule has 9 nitrogen and oxygen atoms in total. The molecule has 0 heterocycles. The van der Waals surface area contributed by atoms with E-state index in [9.17, 15) is 34.2 Å². The predicted molar refractivity (Wildman–Crippen MR) is 209 cm³/mol. The molecule has 8 aliphatic rings. The molecule has 312 valence electrons. The molecule has 6 fully saturated rings. The minimum absolute atomic E-state index is 0.0488. The van der Waals surface area contributed by atoms with Gasteiger partial charge in [-0.1, -0.05) is 51.8 Å². The zero-order valence-electron chi connectivity index (χ0n) is 34.7. The number of carbonyl (C=O) groups is 5. The van der Waals surface area contributed by atoms with Gasteiger partial charge in [0.1, 0.15) is 11.7 Å². The first-order valence-corrected chi connectivity index (χ1v) is 21.9. The summed E-state index contributed by atoms with van der Waals surface area (Å²) in [5, 5.41) is 23.8. The van der Waals surface area contributed by atoms with Crippen LogP contribution in [0.3, 0.4) is 0 Å². The monoisotopic (exact) mass is 790 g/mol. The summed E-state index contributed by atoms with van der Waals surface area (Å²) in [5.74, 6) is -1.25. The molecule has 0 amide bonds. The van der Waals surface area contributed by atoms with Crippen LogP contribution in [0, 0.1) is 63.1 Å². The zero-order valence-corrected chi connectivity index (χ0v) is 34.7. The number of rotatable bonds is 8. The first kappa shape index (κ1) is 40.8. The quantitative estimate of drug-likeness (QED) is 0.242. The molecule has 10 heteroatoms. The fourth-order valence-corrected chi connectivity index (χ4v) is 15.1. The molecule has 15 atom stereocenters. The number of Topliss-reactive ketones (excluding diaryl/α,β-unsaturated/α-hetero) is 1. The molecule has 0 aromatic carbocycles. The summed E-state index contributed by atoms with van der Waals surface area (Å²) in [6.45, 7) is 11.6. The number of ketones is 3. The normalized spacial score (nSPS) is 48.3.